The summed E-state index contributed by atoms with van der Waals surface area (Å²) in [5.74, 6) is -1.55. The van der Waals surface area contributed by atoms with Crippen LogP contribution in [0.5, 0.6) is 28.7 Å². The second-order valence-corrected chi connectivity index (χ2v) is 25.6. The van der Waals surface area contributed by atoms with Crippen LogP contribution in [-0.4, -0.2) is 101 Å². The van der Waals surface area contributed by atoms with E-state index in [-0.39, 0.29) is 100 Å². The molecule has 0 fully saturated rings. The summed E-state index contributed by atoms with van der Waals surface area (Å²) in [4.78, 5) is -1.54. The molecule has 0 aliphatic heterocycles. The van der Waals surface area contributed by atoms with Crippen LogP contribution in [0.2, 0.25) is 0 Å². The van der Waals surface area contributed by atoms with Crippen LogP contribution in [0.4, 0.5) is 56.9 Å². The molecule has 10 aromatic rings. The molecule has 94 heavy (non-hydrogen) atoms. The molecule has 0 aromatic heterocycles. The summed E-state index contributed by atoms with van der Waals surface area (Å²) in [6, 6.07) is 30.9. The number of nitrogens with zero attached hydrogens (tertiary/aromatic N) is 8. The van der Waals surface area contributed by atoms with E-state index >= 15 is 0 Å². The molecule has 0 spiro atoms. The second kappa shape index (κ2) is 28.4. The third-order valence-electron chi connectivity index (χ3n) is 13.7. The molecule has 0 radical (unpaired) electrons. The summed E-state index contributed by atoms with van der Waals surface area (Å²) in [7, 11) is -14.4. The number of phenolic OH excluding ortho intramolecular Hbond substituents is 3. The Hall–Kier alpha value is -9.45. The number of benzene rings is 10. The Kier molecular flexibility index (Phi) is 20.4. The van der Waals surface area contributed by atoms with Crippen molar-refractivity contribution < 1.29 is 103 Å². The van der Waals surface area contributed by atoms with Gasteiger partial charge in [0.2, 0.25) is 0 Å². The minimum Gasteiger partial charge on any atom is -0.507 e. The van der Waals surface area contributed by atoms with Gasteiger partial charge in [0.25, 0.3) is 30.4 Å². The highest BCUT2D eigenvalue weighted by atomic mass is 32.2. The first kappa shape index (κ1) is 67.4. The third-order valence-corrected chi connectivity index (χ3v) is 17.4. The van der Waals surface area contributed by atoms with Crippen molar-refractivity contribution in [2.24, 2.45) is 40.9 Å². The minimum absolute atomic E-state index is 0.00123. The number of aliphatic hydroxyl groups is 2. The van der Waals surface area contributed by atoms with Gasteiger partial charge in [-0.05, 0) is 150 Å². The van der Waals surface area contributed by atoms with Crippen LogP contribution >= 0.6 is 24.1 Å². The Morgan fingerprint density at radius 3 is 1.55 bits per heavy atom. The first-order chi connectivity index (χ1) is 44.8. The largest absolute Gasteiger partial charge is 0.507 e. The number of hydrogen-bond acceptors (Lipinski definition) is 30. The summed E-state index contributed by atoms with van der Waals surface area (Å²) in [6.07, 6.45) is 0. The lowest BCUT2D eigenvalue weighted by Gasteiger charge is -2.14. The summed E-state index contributed by atoms with van der Waals surface area (Å²) < 4.78 is 125. The number of rotatable bonds is 25. The van der Waals surface area contributed by atoms with Gasteiger partial charge in [-0.1, -0.05) is 28.3 Å². The molecule has 10 aromatic carbocycles. The smallest absolute Gasteiger partial charge is 0.296 e. The monoisotopic (exact) mass is 1380 g/mol. The molecule has 0 saturated carbocycles. The van der Waals surface area contributed by atoms with Crippen molar-refractivity contribution in [1.82, 2.24) is 0 Å². The highest BCUT2D eigenvalue weighted by molar-refractivity contribution is 7.95. The van der Waals surface area contributed by atoms with E-state index in [0.29, 0.717) is 68.4 Å². The van der Waals surface area contributed by atoms with Crippen molar-refractivity contribution >= 4 is 154 Å². The van der Waals surface area contributed by atoms with E-state index < -0.39 is 76.3 Å². The summed E-state index contributed by atoms with van der Waals surface area (Å²) >= 11 is 0.908. The number of azo groups is 4. The fourth-order valence-corrected chi connectivity index (χ4v) is 12.1. The van der Waals surface area contributed by atoms with Gasteiger partial charge in [0.05, 0.1) is 80.1 Å². The first-order valence-electron chi connectivity index (χ1n) is 26.7. The van der Waals surface area contributed by atoms with Gasteiger partial charge in [0.1, 0.15) is 58.1 Å². The van der Waals surface area contributed by atoms with Crippen LogP contribution in [0.15, 0.2) is 199 Å². The number of aliphatic hydroxyl groups excluding tert-OH is 2. The van der Waals surface area contributed by atoms with Crippen LogP contribution in [0.3, 0.4) is 0 Å². The zero-order valence-corrected chi connectivity index (χ0v) is 52.1. The lowest BCUT2D eigenvalue weighted by atomic mass is 10.1. The lowest BCUT2D eigenvalue weighted by molar-refractivity contribution is -0.432. The second-order valence-electron chi connectivity index (χ2n) is 19.8. The number of nitrogens with one attached hydrogen (secondary N) is 1. The van der Waals surface area contributed by atoms with E-state index in [1.165, 1.54) is 78.9 Å². The lowest BCUT2D eigenvalue weighted by Crippen LogP contribution is -2.02. The zero-order chi connectivity index (χ0) is 67.2. The fourth-order valence-electron chi connectivity index (χ4n) is 9.43. The molecule has 0 heterocycles. The molecule has 0 aliphatic rings. The van der Waals surface area contributed by atoms with Crippen molar-refractivity contribution in [3.63, 3.8) is 0 Å². The van der Waals surface area contributed by atoms with E-state index in [1.54, 1.807) is 50.2 Å². The molecule has 0 atom stereocenters. The van der Waals surface area contributed by atoms with Crippen LogP contribution < -0.4 is 14.8 Å². The predicted molar refractivity (Wildman–Crippen MR) is 339 cm³/mol. The van der Waals surface area contributed by atoms with Crippen LogP contribution in [0, 0.1) is 13.8 Å². The van der Waals surface area contributed by atoms with E-state index in [0.717, 1.165) is 18.2 Å². The molecule has 0 bridgehead atoms. The standard InChI is InChI=1S/C58H47N9O22S5/c1-29-17-47(51(85-15-13-69)27-44(29)61-60-43-5-3-4-31-21-38(92(75,76)77)8-11-40(31)43)64-67-56-53(94(81,82)83)24-33-19-36(7-10-42(33)58(56)72)59-35-6-9-41-32(18-35)23-52(91-89-87-74)55(57(41)71)66-63-46-16-30(2)45(28-50(46)84-14-12-68)62-65-48-26-39(93(78,79)80)22-34-20-37(90-88-86-73)25-49(70)54(34)48/h3-11,16-28,59,68-74H,12-15H2,1-2H3,(H,75,76,77)(H,78,79,80)(H,81,82,83). The Morgan fingerprint density at radius 1 is 0.457 bits per heavy atom. The van der Waals surface area contributed by atoms with Crippen molar-refractivity contribution in [2.45, 2.75) is 38.3 Å². The maximum absolute atomic E-state index is 13.0. The van der Waals surface area contributed by atoms with E-state index in [4.69, 9.17) is 24.3 Å². The molecule has 0 aliphatic carbocycles. The molecule has 486 valence electrons. The third kappa shape index (κ3) is 15.3. The zero-order valence-electron chi connectivity index (χ0n) is 48.0. The summed E-state index contributed by atoms with van der Waals surface area (Å²) in [5, 5.41) is 118. The fraction of sp³-hybridized carbons (Fsp3) is 0.103. The van der Waals surface area contributed by atoms with Gasteiger partial charge < -0.3 is 40.3 Å². The molecule has 11 N–H and O–H groups in total. The predicted octanol–water partition coefficient (Wildman–Crippen LogP) is 14.8. The number of phenols is 3. The summed E-state index contributed by atoms with van der Waals surface area (Å²) in [5.41, 5.74) is 1.27. The highest BCUT2D eigenvalue weighted by Crippen LogP contribution is 2.48. The van der Waals surface area contributed by atoms with E-state index in [2.05, 4.69) is 60.6 Å². The van der Waals surface area contributed by atoms with E-state index in [1.807, 2.05) is 0 Å². The molecule has 31 nitrogen and oxygen atoms in total. The Morgan fingerprint density at radius 2 is 0.979 bits per heavy atom. The number of aryl methyl sites for hydroxylation is 2. The Bertz CT molecular complexity index is 5140. The van der Waals surface area contributed by atoms with Crippen molar-refractivity contribution in [3.8, 4) is 28.7 Å². The van der Waals surface area contributed by atoms with Gasteiger partial charge in [-0.3, -0.25) is 13.7 Å². The Balaban J connectivity index is 0.924. The number of fused-ring (bicyclic) bond motifs is 4. The maximum atomic E-state index is 13.0. The van der Waals surface area contributed by atoms with Gasteiger partial charge in [0.15, 0.2) is 11.5 Å². The molecule has 0 unspecified atom stereocenters. The molecular formula is C58H47N9O22S5. The normalized spacial score (nSPS) is 12.5. The number of ether oxygens (including phenoxy) is 2. The summed E-state index contributed by atoms with van der Waals surface area (Å²) in [6.45, 7) is 1.89. The van der Waals surface area contributed by atoms with Crippen molar-refractivity contribution in [1.29, 1.82) is 0 Å². The molecule has 36 heteroatoms. The minimum atomic E-state index is -5.12. The van der Waals surface area contributed by atoms with Gasteiger partial charge in [-0.25, -0.2) is 10.5 Å². The van der Waals surface area contributed by atoms with Crippen molar-refractivity contribution in [2.75, 3.05) is 31.7 Å². The molecular weight excluding hydrogens is 1340 g/mol. The van der Waals surface area contributed by atoms with Gasteiger partial charge in [-0.15, -0.1) is 39.4 Å². The van der Waals surface area contributed by atoms with Crippen LogP contribution in [-0.2, 0) is 49.1 Å². The quantitative estimate of drug-likeness (QED) is 0.00832. The van der Waals surface area contributed by atoms with Gasteiger partial charge >= 0.3 is 0 Å². The molecule has 10 rings (SSSR count). The van der Waals surface area contributed by atoms with Crippen LogP contribution in [0.25, 0.3) is 43.1 Å². The average Bonchev–Trinajstić information content (AvgIpc) is 0.783. The molecule has 0 saturated heterocycles. The van der Waals surface area contributed by atoms with Gasteiger partial charge in [-0.2, -0.15) is 35.5 Å². The Labute approximate surface area is 538 Å². The van der Waals surface area contributed by atoms with Crippen molar-refractivity contribution in [3.05, 3.63) is 145 Å². The van der Waals surface area contributed by atoms with E-state index in [9.17, 15) is 64.4 Å². The number of hydrogen-bond donors (Lipinski definition) is 11. The van der Waals surface area contributed by atoms with Gasteiger partial charge in [0, 0.05) is 44.6 Å². The maximum Gasteiger partial charge on any atom is 0.296 e. The highest BCUT2D eigenvalue weighted by Gasteiger charge is 2.25. The first-order valence-corrected chi connectivity index (χ1v) is 32.5. The van der Waals surface area contributed by atoms with Crippen LogP contribution in [0.1, 0.15) is 11.1 Å². The topological polar surface area (TPSA) is 471 Å². The molecule has 0 amide bonds. The number of aromatic hydroxyl groups is 3. The number of anilines is 2. The SMILES string of the molecule is Cc1cc(N=Nc2c(S(=O)(=O)O)cc3cc(Nc4ccc5c(O)c(N=Nc6cc(C)c(N=Nc7cc(S(=O)(=O)O)cc8cc(SOOO)cc(O)c78)cc6OCCO)c(SOOO)cc5c4)ccc3c2O)c(OCCO)cc1N=Nc1cccc2cc(S(=O)(=O)O)ccc12. The average molecular weight is 1380 g/mol.